The molecule has 0 saturated carbocycles. The van der Waals surface area contributed by atoms with Crippen molar-refractivity contribution in [1.29, 1.82) is 0 Å². The van der Waals surface area contributed by atoms with E-state index in [1.165, 1.54) is 0 Å². The van der Waals surface area contributed by atoms with Crippen LogP contribution in [0.25, 0.3) is 0 Å². The lowest BCUT2D eigenvalue weighted by Gasteiger charge is -2.30. The lowest BCUT2D eigenvalue weighted by Crippen LogP contribution is -2.36. The molecule has 1 unspecified atom stereocenters. The maximum atomic E-state index is 12.9. The fourth-order valence-electron chi connectivity index (χ4n) is 2.00. The molecule has 0 fully saturated rings. The van der Waals surface area contributed by atoms with Crippen molar-refractivity contribution in [3.05, 3.63) is 34.9 Å². The smallest absolute Gasteiger partial charge is 0.242 e. The lowest BCUT2D eigenvalue weighted by molar-refractivity contribution is -0.137. The highest BCUT2D eigenvalue weighted by atomic mass is 32.2. The maximum Gasteiger partial charge on any atom is 0.416 e. The molecule has 0 aliphatic rings. The normalized spacial score (nSPS) is 16.1. The summed E-state index contributed by atoms with van der Waals surface area (Å²) in [5, 5.41) is 0. The number of benzene rings is 1. The second kappa shape index (κ2) is 6.08. The van der Waals surface area contributed by atoms with Gasteiger partial charge in [0, 0.05) is 13.1 Å². The Balaban J connectivity index is 3.16. The summed E-state index contributed by atoms with van der Waals surface area (Å²) in [7, 11) is 0.373. The van der Waals surface area contributed by atoms with Crippen LogP contribution in [0.1, 0.15) is 50.4 Å². The zero-order valence-electron chi connectivity index (χ0n) is 13.2. The average Bonchev–Trinajstić information content (AvgIpc) is 2.33. The van der Waals surface area contributed by atoms with Crippen LogP contribution in [-0.4, -0.2) is 20.3 Å². The molecule has 0 aromatic heterocycles. The molecule has 0 heterocycles. The molecule has 1 rings (SSSR count). The van der Waals surface area contributed by atoms with Gasteiger partial charge >= 0.3 is 6.18 Å². The van der Waals surface area contributed by atoms with E-state index < -0.39 is 27.5 Å². The van der Waals surface area contributed by atoms with Crippen molar-refractivity contribution in [3.63, 3.8) is 0 Å². The van der Waals surface area contributed by atoms with Crippen molar-refractivity contribution < 1.29 is 17.4 Å². The van der Waals surface area contributed by atoms with E-state index in [1.54, 1.807) is 31.3 Å². The molecular formula is C15H22F3NOS. The van der Waals surface area contributed by atoms with Crippen LogP contribution in [0.5, 0.6) is 0 Å². The van der Waals surface area contributed by atoms with Crippen molar-refractivity contribution in [3.8, 4) is 0 Å². The Kier molecular flexibility index (Phi) is 5.26. The number of rotatable bonds is 3. The Morgan fingerprint density at radius 2 is 1.67 bits per heavy atom. The molecule has 2 nitrogen and oxygen atoms in total. The van der Waals surface area contributed by atoms with Gasteiger partial charge in [0.05, 0.1) is 21.3 Å². The van der Waals surface area contributed by atoms with Gasteiger partial charge < -0.3 is 0 Å². The topological polar surface area (TPSA) is 20.3 Å². The molecule has 0 N–H and O–H groups in total. The predicted molar refractivity (Wildman–Crippen MR) is 80.3 cm³/mol. The quantitative estimate of drug-likeness (QED) is 0.804. The van der Waals surface area contributed by atoms with Crippen molar-refractivity contribution >= 4 is 11.0 Å². The van der Waals surface area contributed by atoms with Crippen LogP contribution in [-0.2, 0) is 17.2 Å². The first kappa shape index (κ1) is 18.2. The van der Waals surface area contributed by atoms with Crippen LogP contribution in [0.4, 0.5) is 13.2 Å². The summed E-state index contributed by atoms with van der Waals surface area (Å²) < 4.78 is 52.2. The van der Waals surface area contributed by atoms with Crippen molar-refractivity contribution in [2.75, 3.05) is 7.05 Å². The molecule has 0 saturated heterocycles. The van der Waals surface area contributed by atoms with Crippen molar-refractivity contribution in [2.24, 2.45) is 0 Å². The molecule has 1 aromatic rings. The Labute approximate surface area is 126 Å². The number of hydrogen-bond acceptors (Lipinski definition) is 1. The molecule has 2 atom stereocenters. The van der Waals surface area contributed by atoms with E-state index in [9.17, 15) is 17.4 Å². The summed E-state index contributed by atoms with van der Waals surface area (Å²) in [6.07, 6.45) is -4.37. The van der Waals surface area contributed by atoms with Crippen molar-refractivity contribution in [2.45, 2.75) is 51.6 Å². The summed E-state index contributed by atoms with van der Waals surface area (Å²) in [4.78, 5) is 0. The van der Waals surface area contributed by atoms with Gasteiger partial charge in [0.1, 0.15) is 0 Å². The van der Waals surface area contributed by atoms with Crippen LogP contribution in [0.3, 0.4) is 0 Å². The highest BCUT2D eigenvalue weighted by molar-refractivity contribution is 7.84. The molecule has 120 valence electrons. The molecule has 0 amide bonds. The third-order valence-electron chi connectivity index (χ3n) is 3.24. The molecule has 0 aliphatic heterocycles. The molecule has 0 spiro atoms. The van der Waals surface area contributed by atoms with Gasteiger partial charge in [-0.3, -0.25) is 0 Å². The van der Waals surface area contributed by atoms with Gasteiger partial charge in [0.15, 0.2) is 0 Å². The highest BCUT2D eigenvalue weighted by Gasteiger charge is 2.32. The Morgan fingerprint density at radius 3 is 2.10 bits per heavy atom. The predicted octanol–water partition coefficient (Wildman–Crippen LogP) is 4.47. The summed E-state index contributed by atoms with van der Waals surface area (Å²) >= 11 is 0. The van der Waals surface area contributed by atoms with Crippen LogP contribution in [0, 0.1) is 6.92 Å². The minimum Gasteiger partial charge on any atom is -0.242 e. The van der Waals surface area contributed by atoms with Gasteiger partial charge in [0.2, 0.25) is 0 Å². The average molecular weight is 321 g/mol. The fourth-order valence-corrected chi connectivity index (χ4v) is 3.28. The zero-order valence-corrected chi connectivity index (χ0v) is 14.0. The van der Waals surface area contributed by atoms with Gasteiger partial charge in [-0.05, 0) is 52.3 Å². The van der Waals surface area contributed by atoms with E-state index in [1.807, 2.05) is 20.8 Å². The Bertz CT molecular complexity index is 535. The van der Waals surface area contributed by atoms with E-state index in [0.29, 0.717) is 11.1 Å². The molecular weight excluding hydrogens is 299 g/mol. The van der Waals surface area contributed by atoms with E-state index in [-0.39, 0.29) is 6.04 Å². The summed E-state index contributed by atoms with van der Waals surface area (Å²) in [6.45, 7) is 8.90. The van der Waals surface area contributed by atoms with Gasteiger partial charge in [-0.15, -0.1) is 0 Å². The van der Waals surface area contributed by atoms with E-state index >= 15 is 0 Å². The molecule has 0 aliphatic carbocycles. The Hall–Kier alpha value is -0.880. The highest BCUT2D eigenvalue weighted by Crippen LogP contribution is 2.33. The first-order valence-corrected chi connectivity index (χ1v) is 7.78. The van der Waals surface area contributed by atoms with Crippen molar-refractivity contribution in [1.82, 2.24) is 4.31 Å². The second-order valence-electron chi connectivity index (χ2n) is 6.21. The number of alkyl halides is 3. The van der Waals surface area contributed by atoms with Crippen LogP contribution in [0.2, 0.25) is 0 Å². The number of halogens is 3. The molecule has 1 aromatic carbocycles. The van der Waals surface area contributed by atoms with E-state index in [2.05, 4.69) is 0 Å². The SMILES string of the molecule is Cc1cc([C@H](C)N(C)S(=O)C(C)(C)C)cc(C(F)(F)F)c1. The first-order chi connectivity index (χ1) is 9.34. The minimum atomic E-state index is -4.37. The largest absolute Gasteiger partial charge is 0.416 e. The fraction of sp³-hybridized carbons (Fsp3) is 0.600. The second-order valence-corrected chi connectivity index (χ2v) is 8.51. The van der Waals surface area contributed by atoms with Gasteiger partial charge in [-0.2, -0.15) is 13.2 Å². The lowest BCUT2D eigenvalue weighted by atomic mass is 10.0. The molecule has 0 radical (unpaired) electrons. The first-order valence-electron chi connectivity index (χ1n) is 6.67. The van der Waals surface area contributed by atoms with Crippen LogP contribution < -0.4 is 0 Å². The van der Waals surface area contributed by atoms with E-state index in [4.69, 9.17) is 0 Å². The maximum absolute atomic E-state index is 12.9. The standard InChI is InChI=1S/C15H22F3NOS/c1-10-7-12(9-13(8-10)15(16,17)18)11(2)19(6)21(20)14(3,4)5/h7-9,11H,1-6H3/t11-,21?/m0/s1. The molecule has 21 heavy (non-hydrogen) atoms. The Morgan fingerprint density at radius 1 is 1.14 bits per heavy atom. The summed E-state index contributed by atoms with van der Waals surface area (Å²) in [6, 6.07) is 3.59. The van der Waals surface area contributed by atoms with E-state index in [0.717, 1.165) is 12.1 Å². The number of nitrogens with zero attached hydrogens (tertiary/aromatic N) is 1. The number of aryl methyl sites for hydroxylation is 1. The summed E-state index contributed by atoms with van der Waals surface area (Å²) in [5.41, 5.74) is 0.392. The van der Waals surface area contributed by atoms with Crippen LogP contribution in [0.15, 0.2) is 18.2 Å². The monoisotopic (exact) mass is 321 g/mol. The molecule has 6 heteroatoms. The number of hydrogen-bond donors (Lipinski definition) is 0. The third kappa shape index (κ3) is 4.54. The minimum absolute atomic E-state index is 0.369. The van der Waals surface area contributed by atoms with Gasteiger partial charge in [0.25, 0.3) is 0 Å². The van der Waals surface area contributed by atoms with Crippen LogP contribution >= 0.6 is 0 Å². The molecule has 0 bridgehead atoms. The van der Waals surface area contributed by atoms with Gasteiger partial charge in [-0.25, -0.2) is 8.51 Å². The third-order valence-corrected chi connectivity index (χ3v) is 5.13. The van der Waals surface area contributed by atoms with Gasteiger partial charge in [-0.1, -0.05) is 11.6 Å². The zero-order chi connectivity index (χ0) is 16.6. The summed E-state index contributed by atoms with van der Waals surface area (Å²) in [5.74, 6) is 0.